The number of sulfonamides is 1. The molecule has 7 heteroatoms. The zero-order valence-corrected chi connectivity index (χ0v) is 14.1. The summed E-state index contributed by atoms with van der Waals surface area (Å²) in [4.78, 5) is 11.8. The highest BCUT2D eigenvalue weighted by Crippen LogP contribution is 2.14. The molecule has 0 aliphatic rings. The summed E-state index contributed by atoms with van der Waals surface area (Å²) in [5.41, 5.74) is 2.05. The van der Waals surface area contributed by atoms with Crippen molar-refractivity contribution in [1.82, 2.24) is 10.0 Å². The first-order valence-electron chi connectivity index (χ1n) is 6.95. The Kier molecular flexibility index (Phi) is 5.76. The molecule has 0 unspecified atom stereocenters. The second-order valence-corrected chi connectivity index (χ2v) is 7.19. The Balaban J connectivity index is 1.90. The van der Waals surface area contributed by atoms with Crippen LogP contribution in [0.4, 0.5) is 0 Å². The number of carbonyl (C=O) groups is 1. The number of rotatable bonds is 6. The zero-order valence-electron chi connectivity index (χ0n) is 12.5. The molecule has 0 saturated carbocycles. The summed E-state index contributed by atoms with van der Waals surface area (Å²) in [6.45, 7) is 1.97. The van der Waals surface area contributed by atoms with Crippen LogP contribution in [0.5, 0.6) is 0 Å². The summed E-state index contributed by atoms with van der Waals surface area (Å²) in [5.74, 6) is -0.404. The predicted octanol–water partition coefficient (Wildman–Crippen LogP) is 2.24. The van der Waals surface area contributed by atoms with Gasteiger partial charge < -0.3 is 5.32 Å². The van der Waals surface area contributed by atoms with Crippen LogP contribution in [-0.2, 0) is 21.4 Å². The van der Waals surface area contributed by atoms with Crippen LogP contribution in [-0.4, -0.2) is 20.9 Å². The molecular weight excluding hydrogens is 336 g/mol. The second kappa shape index (κ2) is 7.59. The van der Waals surface area contributed by atoms with Gasteiger partial charge in [-0.1, -0.05) is 41.9 Å². The normalized spacial score (nSPS) is 11.2. The third-order valence-corrected chi connectivity index (χ3v) is 4.90. The lowest BCUT2D eigenvalue weighted by atomic mass is 10.1. The van der Waals surface area contributed by atoms with E-state index in [1.165, 1.54) is 18.2 Å². The van der Waals surface area contributed by atoms with Gasteiger partial charge in [0.2, 0.25) is 15.9 Å². The minimum Gasteiger partial charge on any atom is -0.351 e. The number of amides is 1. The van der Waals surface area contributed by atoms with Crippen molar-refractivity contribution in [3.8, 4) is 0 Å². The maximum absolute atomic E-state index is 12.1. The van der Waals surface area contributed by atoms with Crippen LogP contribution in [0.15, 0.2) is 53.4 Å². The lowest BCUT2D eigenvalue weighted by Crippen LogP contribution is -2.36. The molecular formula is C16H17ClN2O3S. The van der Waals surface area contributed by atoms with Gasteiger partial charge in [-0.05, 0) is 36.2 Å². The molecule has 2 rings (SSSR count). The van der Waals surface area contributed by atoms with Crippen molar-refractivity contribution >= 4 is 27.5 Å². The molecule has 5 nitrogen and oxygen atoms in total. The largest absolute Gasteiger partial charge is 0.351 e. The summed E-state index contributed by atoms with van der Waals surface area (Å²) < 4.78 is 26.4. The van der Waals surface area contributed by atoms with Crippen molar-refractivity contribution in [2.45, 2.75) is 18.4 Å². The molecule has 23 heavy (non-hydrogen) atoms. The fourth-order valence-electron chi connectivity index (χ4n) is 1.94. The van der Waals surface area contributed by atoms with Crippen molar-refractivity contribution in [3.05, 3.63) is 64.7 Å². The lowest BCUT2D eigenvalue weighted by molar-refractivity contribution is -0.120. The highest BCUT2D eigenvalue weighted by molar-refractivity contribution is 7.89. The van der Waals surface area contributed by atoms with Gasteiger partial charge in [0.15, 0.2) is 0 Å². The Morgan fingerprint density at radius 2 is 1.87 bits per heavy atom. The van der Waals surface area contributed by atoms with Gasteiger partial charge in [0, 0.05) is 11.6 Å². The molecule has 0 aliphatic heterocycles. The van der Waals surface area contributed by atoms with Crippen LogP contribution in [0.25, 0.3) is 0 Å². The molecule has 0 fully saturated rings. The van der Waals surface area contributed by atoms with Crippen LogP contribution >= 0.6 is 11.6 Å². The Hall–Kier alpha value is -1.89. The first-order chi connectivity index (χ1) is 10.9. The smallest absolute Gasteiger partial charge is 0.241 e. The van der Waals surface area contributed by atoms with E-state index in [4.69, 9.17) is 11.6 Å². The average Bonchev–Trinajstić information content (AvgIpc) is 2.52. The first-order valence-corrected chi connectivity index (χ1v) is 8.81. The minimum absolute atomic E-state index is 0.0247. The van der Waals surface area contributed by atoms with Crippen LogP contribution in [0.2, 0.25) is 5.02 Å². The van der Waals surface area contributed by atoms with E-state index >= 15 is 0 Å². The van der Waals surface area contributed by atoms with E-state index in [-0.39, 0.29) is 11.4 Å². The monoisotopic (exact) mass is 352 g/mol. The number of halogens is 1. The number of aryl methyl sites for hydroxylation is 1. The van der Waals surface area contributed by atoms with E-state index in [0.717, 1.165) is 11.1 Å². The Labute approximate surface area is 140 Å². The van der Waals surface area contributed by atoms with Crippen LogP contribution < -0.4 is 10.0 Å². The molecule has 2 aromatic carbocycles. The van der Waals surface area contributed by atoms with Crippen LogP contribution in [0.1, 0.15) is 11.1 Å². The zero-order chi connectivity index (χ0) is 16.9. The van der Waals surface area contributed by atoms with Crippen molar-refractivity contribution in [2.24, 2.45) is 0 Å². The van der Waals surface area contributed by atoms with E-state index in [1.807, 2.05) is 31.2 Å². The second-order valence-electron chi connectivity index (χ2n) is 4.99. The molecule has 0 bridgehead atoms. The van der Waals surface area contributed by atoms with Gasteiger partial charge >= 0.3 is 0 Å². The maximum atomic E-state index is 12.1. The van der Waals surface area contributed by atoms with Gasteiger partial charge in [-0.15, -0.1) is 0 Å². The van der Waals surface area contributed by atoms with Gasteiger partial charge in [-0.3, -0.25) is 4.79 Å². The summed E-state index contributed by atoms with van der Waals surface area (Å²) in [6, 6.07) is 13.5. The van der Waals surface area contributed by atoms with Crippen molar-refractivity contribution < 1.29 is 13.2 Å². The molecule has 0 heterocycles. The van der Waals surface area contributed by atoms with Crippen LogP contribution in [0.3, 0.4) is 0 Å². The van der Waals surface area contributed by atoms with Gasteiger partial charge in [-0.25, -0.2) is 13.1 Å². The Morgan fingerprint density at radius 3 is 2.57 bits per heavy atom. The Bertz CT molecular complexity index is 806. The molecule has 0 radical (unpaired) electrons. The van der Waals surface area contributed by atoms with Gasteiger partial charge in [-0.2, -0.15) is 0 Å². The third-order valence-electron chi connectivity index (χ3n) is 3.27. The quantitative estimate of drug-likeness (QED) is 0.837. The molecule has 0 aromatic heterocycles. The van der Waals surface area contributed by atoms with Gasteiger partial charge in [0.05, 0.1) is 11.4 Å². The fourth-order valence-corrected chi connectivity index (χ4v) is 3.23. The van der Waals surface area contributed by atoms with Crippen molar-refractivity contribution in [1.29, 1.82) is 0 Å². The highest BCUT2D eigenvalue weighted by Gasteiger charge is 2.15. The minimum atomic E-state index is -3.76. The molecule has 1 amide bonds. The molecule has 0 spiro atoms. The molecule has 0 atom stereocenters. The summed E-state index contributed by atoms with van der Waals surface area (Å²) >= 11 is 5.77. The number of carbonyl (C=O) groups excluding carboxylic acids is 1. The predicted molar refractivity (Wildman–Crippen MR) is 89.7 cm³/mol. The molecule has 0 saturated heterocycles. The van der Waals surface area contributed by atoms with E-state index in [2.05, 4.69) is 10.0 Å². The van der Waals surface area contributed by atoms with Crippen LogP contribution in [0, 0.1) is 6.92 Å². The van der Waals surface area contributed by atoms with E-state index in [9.17, 15) is 13.2 Å². The SMILES string of the molecule is Cc1ccccc1CNC(=O)CNS(=O)(=O)c1cccc(Cl)c1. The number of benzene rings is 2. The molecule has 122 valence electrons. The summed E-state index contributed by atoms with van der Waals surface area (Å²) in [5, 5.41) is 3.00. The maximum Gasteiger partial charge on any atom is 0.241 e. The van der Waals surface area contributed by atoms with E-state index in [0.29, 0.717) is 11.6 Å². The average molecular weight is 353 g/mol. The van der Waals surface area contributed by atoms with Gasteiger partial charge in [0.25, 0.3) is 0 Å². The van der Waals surface area contributed by atoms with Gasteiger partial charge in [0.1, 0.15) is 0 Å². The molecule has 2 N–H and O–H groups in total. The number of hydrogen-bond acceptors (Lipinski definition) is 3. The topological polar surface area (TPSA) is 75.3 Å². The van der Waals surface area contributed by atoms with Crippen molar-refractivity contribution in [2.75, 3.05) is 6.54 Å². The summed E-state index contributed by atoms with van der Waals surface area (Å²) in [7, 11) is -3.76. The first kappa shape index (κ1) is 17.5. The highest BCUT2D eigenvalue weighted by atomic mass is 35.5. The standard InChI is InChI=1S/C16H17ClN2O3S/c1-12-5-2-3-6-13(12)10-18-16(20)11-19-23(21,22)15-8-4-7-14(17)9-15/h2-9,19H,10-11H2,1H3,(H,18,20). The fraction of sp³-hybridized carbons (Fsp3) is 0.188. The third kappa shape index (κ3) is 5.06. The Morgan fingerprint density at radius 1 is 1.13 bits per heavy atom. The lowest BCUT2D eigenvalue weighted by Gasteiger charge is -2.09. The molecule has 2 aromatic rings. The number of hydrogen-bond donors (Lipinski definition) is 2. The van der Waals surface area contributed by atoms with Crippen molar-refractivity contribution in [3.63, 3.8) is 0 Å². The summed E-state index contributed by atoms with van der Waals surface area (Å²) in [6.07, 6.45) is 0. The molecule has 0 aliphatic carbocycles. The van der Waals surface area contributed by atoms with E-state index < -0.39 is 15.9 Å². The number of nitrogens with one attached hydrogen (secondary N) is 2. The van der Waals surface area contributed by atoms with E-state index in [1.54, 1.807) is 6.07 Å².